The molecule has 0 saturated heterocycles. The molecule has 0 radical (unpaired) electrons. The van der Waals surface area contributed by atoms with Crippen molar-refractivity contribution < 1.29 is 14.3 Å². The molecule has 1 heterocycles. The smallest absolute Gasteiger partial charge is 0.356 e. The van der Waals surface area contributed by atoms with E-state index in [1.54, 1.807) is 0 Å². The molecule has 5 nitrogen and oxygen atoms in total. The molecular formula is C11H7BrFN3O2. The molecule has 2 aromatic rings. The first-order valence-electron chi connectivity index (χ1n) is 4.83. The van der Waals surface area contributed by atoms with Gasteiger partial charge in [0, 0.05) is 4.47 Å². The molecule has 0 aliphatic rings. The van der Waals surface area contributed by atoms with Crippen molar-refractivity contribution in [3.63, 3.8) is 0 Å². The third kappa shape index (κ3) is 2.80. The second kappa shape index (κ2) is 5.09. The van der Waals surface area contributed by atoms with Gasteiger partial charge < -0.3 is 10.4 Å². The Morgan fingerprint density at radius 2 is 2.17 bits per heavy atom. The van der Waals surface area contributed by atoms with E-state index in [2.05, 4.69) is 31.2 Å². The molecule has 0 amide bonds. The average Bonchev–Trinajstić information content (AvgIpc) is 2.33. The third-order valence-corrected chi connectivity index (χ3v) is 2.70. The SMILES string of the molecule is O=C(O)c1cncc(Nc2ccc(F)cc2Br)n1. The number of carboxylic acid groups (broad SMARTS) is 1. The number of anilines is 2. The summed E-state index contributed by atoms with van der Waals surface area (Å²) in [6.07, 6.45) is 2.52. The Morgan fingerprint density at radius 3 is 2.83 bits per heavy atom. The zero-order chi connectivity index (χ0) is 13.1. The molecule has 0 spiro atoms. The third-order valence-electron chi connectivity index (χ3n) is 2.05. The lowest BCUT2D eigenvalue weighted by Gasteiger charge is -2.07. The number of hydrogen-bond donors (Lipinski definition) is 2. The fourth-order valence-corrected chi connectivity index (χ4v) is 1.71. The molecule has 2 N–H and O–H groups in total. The monoisotopic (exact) mass is 311 g/mol. The topological polar surface area (TPSA) is 75.1 Å². The minimum absolute atomic E-state index is 0.168. The summed E-state index contributed by atoms with van der Waals surface area (Å²) in [7, 11) is 0. The molecule has 0 fully saturated rings. The molecule has 18 heavy (non-hydrogen) atoms. The van der Waals surface area contributed by atoms with Gasteiger partial charge in [0.2, 0.25) is 0 Å². The first-order valence-corrected chi connectivity index (χ1v) is 5.63. The predicted octanol–water partition coefficient (Wildman–Crippen LogP) is 2.82. The molecule has 0 aliphatic heterocycles. The maximum absolute atomic E-state index is 12.9. The Bertz CT molecular complexity index is 607. The van der Waals surface area contributed by atoms with E-state index < -0.39 is 5.97 Å². The van der Waals surface area contributed by atoms with Crippen LogP contribution in [0.4, 0.5) is 15.9 Å². The molecular weight excluding hydrogens is 305 g/mol. The summed E-state index contributed by atoms with van der Waals surface area (Å²) >= 11 is 3.19. The van der Waals surface area contributed by atoms with Gasteiger partial charge in [0.15, 0.2) is 5.69 Å². The summed E-state index contributed by atoms with van der Waals surface area (Å²) in [5.74, 6) is -1.27. The fraction of sp³-hybridized carbons (Fsp3) is 0. The minimum Gasteiger partial charge on any atom is -0.476 e. The van der Waals surface area contributed by atoms with Gasteiger partial charge in [-0.15, -0.1) is 0 Å². The van der Waals surface area contributed by atoms with Crippen LogP contribution >= 0.6 is 15.9 Å². The number of nitrogens with one attached hydrogen (secondary N) is 1. The van der Waals surface area contributed by atoms with Crippen molar-refractivity contribution >= 4 is 33.4 Å². The van der Waals surface area contributed by atoms with Gasteiger partial charge in [-0.2, -0.15) is 0 Å². The number of benzene rings is 1. The van der Waals surface area contributed by atoms with Crippen molar-refractivity contribution in [2.24, 2.45) is 0 Å². The number of aromatic nitrogens is 2. The molecule has 1 aromatic carbocycles. The highest BCUT2D eigenvalue weighted by Crippen LogP contribution is 2.25. The summed E-state index contributed by atoms with van der Waals surface area (Å²) < 4.78 is 13.4. The maximum atomic E-state index is 12.9. The van der Waals surface area contributed by atoms with Gasteiger partial charge in [-0.1, -0.05) is 0 Å². The zero-order valence-electron chi connectivity index (χ0n) is 8.89. The van der Waals surface area contributed by atoms with Crippen LogP contribution in [0.1, 0.15) is 10.5 Å². The van der Waals surface area contributed by atoms with Crippen molar-refractivity contribution in [1.82, 2.24) is 9.97 Å². The van der Waals surface area contributed by atoms with Crippen LogP contribution in [0.2, 0.25) is 0 Å². The zero-order valence-corrected chi connectivity index (χ0v) is 10.5. The number of halogens is 2. The van der Waals surface area contributed by atoms with Crippen LogP contribution in [0.3, 0.4) is 0 Å². The molecule has 0 atom stereocenters. The van der Waals surface area contributed by atoms with E-state index >= 15 is 0 Å². The lowest BCUT2D eigenvalue weighted by atomic mass is 10.3. The molecule has 1 aromatic heterocycles. The predicted molar refractivity (Wildman–Crippen MR) is 66.4 cm³/mol. The van der Waals surface area contributed by atoms with E-state index in [1.807, 2.05) is 0 Å². The van der Waals surface area contributed by atoms with Crippen LogP contribution in [0.5, 0.6) is 0 Å². The van der Waals surface area contributed by atoms with Crippen LogP contribution in [0.15, 0.2) is 35.1 Å². The van der Waals surface area contributed by atoms with E-state index in [0.29, 0.717) is 10.2 Å². The highest BCUT2D eigenvalue weighted by Gasteiger charge is 2.07. The number of nitrogens with zero attached hydrogens (tertiary/aromatic N) is 2. The van der Waals surface area contributed by atoms with Crippen LogP contribution in [-0.2, 0) is 0 Å². The van der Waals surface area contributed by atoms with Gasteiger partial charge in [0.25, 0.3) is 0 Å². The molecule has 0 bridgehead atoms. The van der Waals surface area contributed by atoms with Crippen molar-refractivity contribution in [2.45, 2.75) is 0 Å². The van der Waals surface area contributed by atoms with Crippen LogP contribution in [-0.4, -0.2) is 21.0 Å². The Morgan fingerprint density at radius 1 is 1.39 bits per heavy atom. The Labute approximate surface area is 110 Å². The van der Waals surface area contributed by atoms with Crippen molar-refractivity contribution in [3.05, 3.63) is 46.6 Å². The van der Waals surface area contributed by atoms with Crippen molar-refractivity contribution in [2.75, 3.05) is 5.32 Å². The van der Waals surface area contributed by atoms with Gasteiger partial charge in [-0.3, -0.25) is 4.98 Å². The van der Waals surface area contributed by atoms with Crippen molar-refractivity contribution in [1.29, 1.82) is 0 Å². The van der Waals surface area contributed by atoms with E-state index in [4.69, 9.17) is 5.11 Å². The van der Waals surface area contributed by atoms with Gasteiger partial charge in [0.05, 0.1) is 18.1 Å². The van der Waals surface area contributed by atoms with E-state index in [-0.39, 0.29) is 17.3 Å². The number of hydrogen-bond acceptors (Lipinski definition) is 4. The number of rotatable bonds is 3. The molecule has 92 valence electrons. The lowest BCUT2D eigenvalue weighted by Crippen LogP contribution is -2.04. The second-order valence-electron chi connectivity index (χ2n) is 3.34. The summed E-state index contributed by atoms with van der Waals surface area (Å²) in [5, 5.41) is 11.6. The highest BCUT2D eigenvalue weighted by atomic mass is 79.9. The fourth-order valence-electron chi connectivity index (χ4n) is 1.26. The summed E-state index contributed by atoms with van der Waals surface area (Å²) in [6, 6.07) is 4.08. The molecule has 7 heteroatoms. The first-order chi connectivity index (χ1) is 8.56. The molecule has 0 unspecified atom stereocenters. The second-order valence-corrected chi connectivity index (χ2v) is 4.20. The number of carbonyl (C=O) groups is 1. The van der Waals surface area contributed by atoms with Gasteiger partial charge >= 0.3 is 5.97 Å². The molecule has 0 aliphatic carbocycles. The van der Waals surface area contributed by atoms with Crippen LogP contribution in [0.25, 0.3) is 0 Å². The Kier molecular flexibility index (Phi) is 3.52. The summed E-state index contributed by atoms with van der Waals surface area (Å²) in [5.41, 5.74) is 0.395. The van der Waals surface area contributed by atoms with E-state index in [1.165, 1.54) is 24.4 Å². The summed E-state index contributed by atoms with van der Waals surface area (Å²) in [4.78, 5) is 18.3. The minimum atomic E-state index is -1.16. The normalized spacial score (nSPS) is 10.1. The Hall–Kier alpha value is -2.02. The van der Waals surface area contributed by atoms with E-state index in [0.717, 1.165) is 6.20 Å². The van der Waals surface area contributed by atoms with Crippen LogP contribution < -0.4 is 5.32 Å². The van der Waals surface area contributed by atoms with Gasteiger partial charge in [0.1, 0.15) is 11.6 Å². The largest absolute Gasteiger partial charge is 0.476 e. The Balaban J connectivity index is 2.28. The first kappa shape index (κ1) is 12.4. The van der Waals surface area contributed by atoms with Gasteiger partial charge in [-0.05, 0) is 34.1 Å². The molecule has 0 saturated carbocycles. The number of aromatic carboxylic acids is 1. The quantitative estimate of drug-likeness (QED) is 0.911. The average molecular weight is 312 g/mol. The summed E-state index contributed by atoms with van der Waals surface area (Å²) in [6.45, 7) is 0. The van der Waals surface area contributed by atoms with Crippen molar-refractivity contribution in [3.8, 4) is 0 Å². The van der Waals surface area contributed by atoms with Gasteiger partial charge in [-0.25, -0.2) is 14.2 Å². The lowest BCUT2D eigenvalue weighted by molar-refractivity contribution is 0.0690. The number of carboxylic acids is 1. The molecule has 2 rings (SSSR count). The van der Waals surface area contributed by atoms with Crippen LogP contribution in [0, 0.1) is 5.82 Å². The standard InChI is InChI=1S/C11H7BrFN3O2/c12-7-3-6(13)1-2-8(7)15-10-5-14-4-9(16-10)11(17)18/h1-5H,(H,15,16)(H,17,18). The highest BCUT2D eigenvalue weighted by molar-refractivity contribution is 9.10. The maximum Gasteiger partial charge on any atom is 0.356 e. The van der Waals surface area contributed by atoms with E-state index in [9.17, 15) is 9.18 Å².